The normalized spacial score (nSPS) is 14.4. The Bertz CT molecular complexity index is 779. The van der Waals surface area contributed by atoms with Gasteiger partial charge >= 0.3 is 0 Å². The van der Waals surface area contributed by atoms with Gasteiger partial charge in [0.2, 0.25) is 0 Å². The van der Waals surface area contributed by atoms with E-state index in [1.807, 2.05) is 41.1 Å². The Balaban J connectivity index is 1.99. The van der Waals surface area contributed by atoms with Crippen LogP contribution < -0.4 is 0 Å². The first kappa shape index (κ1) is 15.1. The van der Waals surface area contributed by atoms with Crippen molar-refractivity contribution in [3.63, 3.8) is 0 Å². The zero-order valence-corrected chi connectivity index (χ0v) is 13.7. The van der Waals surface area contributed by atoms with Crippen molar-refractivity contribution in [2.45, 2.75) is 32.6 Å². The van der Waals surface area contributed by atoms with E-state index in [1.165, 1.54) is 0 Å². The van der Waals surface area contributed by atoms with Crippen LogP contribution in [0.3, 0.4) is 0 Å². The number of hydrogen-bond acceptors (Lipinski definition) is 5. The van der Waals surface area contributed by atoms with E-state index in [1.54, 1.807) is 25.4 Å². The van der Waals surface area contributed by atoms with Crippen molar-refractivity contribution < 1.29 is 9.84 Å². The molecular weight excluding hydrogens is 298 g/mol. The van der Waals surface area contributed by atoms with Gasteiger partial charge in [-0.15, -0.1) is 11.3 Å². The van der Waals surface area contributed by atoms with Crippen LogP contribution >= 0.6 is 11.3 Å². The summed E-state index contributed by atoms with van der Waals surface area (Å²) >= 11 is 1.59. The molecule has 22 heavy (non-hydrogen) atoms. The van der Waals surface area contributed by atoms with E-state index in [0.29, 0.717) is 12.4 Å². The van der Waals surface area contributed by atoms with Crippen LogP contribution in [0.2, 0.25) is 0 Å². The van der Waals surface area contributed by atoms with Crippen LogP contribution in [0.25, 0.3) is 11.0 Å². The summed E-state index contributed by atoms with van der Waals surface area (Å²) in [6.45, 7) is 4.31. The molecule has 0 saturated carbocycles. The van der Waals surface area contributed by atoms with Crippen molar-refractivity contribution >= 4 is 22.4 Å². The topological polar surface area (TPSA) is 60.2 Å². The summed E-state index contributed by atoms with van der Waals surface area (Å²) in [6, 6.07) is 7.90. The van der Waals surface area contributed by atoms with Gasteiger partial charge in [0.25, 0.3) is 0 Å². The predicted octanol–water partition coefficient (Wildman–Crippen LogP) is 3.30. The molecular formula is C16H19N3O2S. The summed E-state index contributed by atoms with van der Waals surface area (Å²) < 4.78 is 7.33. The zero-order chi connectivity index (χ0) is 15.7. The third-order valence-electron chi connectivity index (χ3n) is 3.65. The molecule has 0 saturated heterocycles. The Labute approximate surface area is 133 Å². The maximum absolute atomic E-state index is 9.99. The quantitative estimate of drug-likeness (QED) is 0.784. The fourth-order valence-electron chi connectivity index (χ4n) is 2.42. The highest BCUT2D eigenvalue weighted by atomic mass is 32.1. The summed E-state index contributed by atoms with van der Waals surface area (Å²) in [7, 11) is 1.68. The number of ether oxygens (including phenoxy) is 1. The lowest BCUT2D eigenvalue weighted by molar-refractivity contribution is 0.119. The van der Waals surface area contributed by atoms with Gasteiger partial charge in [0, 0.05) is 12.5 Å². The van der Waals surface area contributed by atoms with Gasteiger partial charge in [0.05, 0.1) is 23.3 Å². The highest BCUT2D eigenvalue weighted by molar-refractivity contribution is 7.09. The van der Waals surface area contributed by atoms with Crippen LogP contribution in [-0.4, -0.2) is 26.8 Å². The first-order valence-electron chi connectivity index (χ1n) is 7.20. The average Bonchev–Trinajstić information content (AvgIpc) is 3.12. The van der Waals surface area contributed by atoms with Crippen LogP contribution in [0.1, 0.15) is 42.6 Å². The van der Waals surface area contributed by atoms with Gasteiger partial charge in [0.1, 0.15) is 23.0 Å². The minimum absolute atomic E-state index is 0.00508. The molecule has 0 aliphatic carbocycles. The zero-order valence-electron chi connectivity index (χ0n) is 12.9. The van der Waals surface area contributed by atoms with E-state index in [0.717, 1.165) is 21.7 Å². The number of aromatic nitrogens is 3. The molecule has 1 N–H and O–H groups in total. The Hall–Kier alpha value is -1.76. The monoisotopic (exact) mass is 317 g/mol. The lowest BCUT2D eigenvalue weighted by Crippen LogP contribution is -2.08. The molecule has 3 aromatic rings. The van der Waals surface area contributed by atoms with Crippen molar-refractivity contribution in [1.29, 1.82) is 0 Å². The summed E-state index contributed by atoms with van der Waals surface area (Å²) in [6.07, 6.45) is -0.627. The second kappa shape index (κ2) is 6.16. The Morgan fingerprint density at radius 1 is 1.27 bits per heavy atom. The standard InChI is InChI=1S/C16H19N3O2S/c1-10(20)15-18-13-6-4-5-7-14(13)19(15)8-12-9-22-16(17-12)11(2)21-3/h4-7,9-11,20H,8H2,1-3H3. The van der Waals surface area contributed by atoms with Gasteiger partial charge in [-0.2, -0.15) is 0 Å². The molecule has 0 fully saturated rings. The van der Waals surface area contributed by atoms with E-state index < -0.39 is 6.10 Å². The van der Waals surface area contributed by atoms with Gasteiger partial charge in [-0.25, -0.2) is 9.97 Å². The number of rotatable bonds is 5. The third kappa shape index (κ3) is 2.77. The van der Waals surface area contributed by atoms with Gasteiger partial charge in [-0.05, 0) is 26.0 Å². The van der Waals surface area contributed by atoms with Crippen molar-refractivity contribution in [3.8, 4) is 0 Å². The van der Waals surface area contributed by atoms with Crippen LogP contribution in [0.5, 0.6) is 0 Å². The van der Waals surface area contributed by atoms with Crippen molar-refractivity contribution in [3.05, 3.63) is 46.2 Å². The summed E-state index contributed by atoms with van der Waals surface area (Å²) in [5.41, 5.74) is 2.85. The SMILES string of the molecule is COC(C)c1nc(Cn2c(C(C)O)nc3ccccc32)cs1. The molecule has 2 heterocycles. The van der Waals surface area contributed by atoms with E-state index >= 15 is 0 Å². The molecule has 0 radical (unpaired) electrons. The first-order chi connectivity index (χ1) is 10.6. The number of nitrogens with zero attached hydrogens (tertiary/aromatic N) is 3. The molecule has 1 aromatic carbocycles. The highest BCUT2D eigenvalue weighted by Gasteiger charge is 2.16. The van der Waals surface area contributed by atoms with Crippen LogP contribution in [0.15, 0.2) is 29.6 Å². The van der Waals surface area contributed by atoms with Crippen LogP contribution in [-0.2, 0) is 11.3 Å². The Morgan fingerprint density at radius 3 is 2.77 bits per heavy atom. The van der Waals surface area contributed by atoms with Crippen molar-refractivity contribution in [2.75, 3.05) is 7.11 Å². The van der Waals surface area contributed by atoms with E-state index in [2.05, 4.69) is 9.97 Å². The van der Waals surface area contributed by atoms with Crippen molar-refractivity contribution in [1.82, 2.24) is 14.5 Å². The second-order valence-electron chi connectivity index (χ2n) is 5.28. The lowest BCUT2D eigenvalue weighted by atomic mass is 10.3. The number of imidazole rings is 1. The first-order valence-corrected chi connectivity index (χ1v) is 8.08. The van der Waals surface area contributed by atoms with E-state index in [4.69, 9.17) is 4.74 Å². The molecule has 2 atom stereocenters. The van der Waals surface area contributed by atoms with Crippen LogP contribution in [0, 0.1) is 0 Å². The second-order valence-corrected chi connectivity index (χ2v) is 6.17. The molecule has 2 aromatic heterocycles. The van der Waals surface area contributed by atoms with Gasteiger partial charge in [-0.3, -0.25) is 0 Å². The molecule has 116 valence electrons. The average molecular weight is 317 g/mol. The lowest BCUT2D eigenvalue weighted by Gasteiger charge is -2.09. The molecule has 3 rings (SSSR count). The number of fused-ring (bicyclic) bond motifs is 1. The molecule has 0 aliphatic rings. The molecule has 0 spiro atoms. The maximum Gasteiger partial charge on any atom is 0.138 e. The van der Waals surface area contributed by atoms with E-state index in [9.17, 15) is 5.11 Å². The number of methoxy groups -OCH3 is 1. The summed E-state index contributed by atoms with van der Waals surface area (Å²) in [5, 5.41) is 13.0. The number of benzene rings is 1. The molecule has 6 heteroatoms. The molecule has 0 amide bonds. The van der Waals surface area contributed by atoms with E-state index in [-0.39, 0.29) is 6.10 Å². The smallest absolute Gasteiger partial charge is 0.138 e. The minimum atomic E-state index is -0.622. The number of aliphatic hydroxyl groups excluding tert-OH is 1. The summed E-state index contributed by atoms with van der Waals surface area (Å²) in [4.78, 5) is 9.16. The van der Waals surface area contributed by atoms with Crippen molar-refractivity contribution in [2.24, 2.45) is 0 Å². The third-order valence-corrected chi connectivity index (χ3v) is 4.70. The Morgan fingerprint density at radius 2 is 2.05 bits per heavy atom. The fourth-order valence-corrected chi connectivity index (χ4v) is 3.27. The predicted molar refractivity (Wildman–Crippen MR) is 87.0 cm³/mol. The number of para-hydroxylation sites is 2. The molecule has 0 aliphatic heterocycles. The van der Waals surface area contributed by atoms with Gasteiger partial charge in [0.15, 0.2) is 0 Å². The van der Waals surface area contributed by atoms with Gasteiger partial charge < -0.3 is 14.4 Å². The Kier molecular flexibility index (Phi) is 4.24. The fraction of sp³-hybridized carbons (Fsp3) is 0.375. The molecule has 2 unspecified atom stereocenters. The summed E-state index contributed by atoms with van der Waals surface area (Å²) in [5.74, 6) is 0.663. The highest BCUT2D eigenvalue weighted by Crippen LogP contribution is 2.24. The number of hydrogen-bond donors (Lipinski definition) is 1. The maximum atomic E-state index is 9.99. The largest absolute Gasteiger partial charge is 0.385 e. The molecule has 0 bridgehead atoms. The minimum Gasteiger partial charge on any atom is -0.385 e. The van der Waals surface area contributed by atoms with Crippen LogP contribution in [0.4, 0.5) is 0 Å². The molecule has 5 nitrogen and oxygen atoms in total. The number of aliphatic hydroxyl groups is 1. The number of thiazole rings is 1. The van der Waals surface area contributed by atoms with Gasteiger partial charge in [-0.1, -0.05) is 12.1 Å².